The van der Waals surface area contributed by atoms with E-state index in [1.807, 2.05) is 25.8 Å². The molecule has 0 atom stereocenters. The average molecular weight is 266 g/mol. The lowest BCUT2D eigenvalue weighted by Gasteiger charge is -2.20. The van der Waals surface area contributed by atoms with E-state index in [-0.39, 0.29) is 12.5 Å². The molecular weight excluding hydrogens is 244 g/mol. The molecule has 0 saturated heterocycles. The van der Waals surface area contributed by atoms with E-state index < -0.39 is 0 Å². The molecule has 0 heterocycles. The Labute approximate surface area is 114 Å². The molecule has 0 aromatic heterocycles. The second-order valence-corrected chi connectivity index (χ2v) is 4.74. The van der Waals surface area contributed by atoms with Gasteiger partial charge in [0.25, 0.3) is 0 Å². The summed E-state index contributed by atoms with van der Waals surface area (Å²) in [6.07, 6.45) is 0. The van der Waals surface area contributed by atoms with Crippen LogP contribution in [-0.2, 0) is 11.4 Å². The molecule has 1 rings (SSSR count). The predicted octanol–water partition coefficient (Wildman–Crippen LogP) is 1.47. The van der Waals surface area contributed by atoms with Crippen molar-refractivity contribution >= 4 is 11.6 Å². The molecule has 0 aliphatic rings. The largest absolute Gasteiger partial charge is 0.496 e. The van der Waals surface area contributed by atoms with E-state index in [0.29, 0.717) is 29.6 Å². The number of hydrogen-bond donors (Lipinski definition) is 2. The van der Waals surface area contributed by atoms with Crippen molar-refractivity contribution in [1.82, 2.24) is 4.90 Å². The molecule has 5 heteroatoms. The third-order valence-electron chi connectivity index (χ3n) is 3.01. The number of hydrogen-bond acceptors (Lipinski definition) is 4. The highest BCUT2D eigenvalue weighted by molar-refractivity contribution is 5.92. The predicted molar refractivity (Wildman–Crippen MR) is 75.3 cm³/mol. The maximum Gasteiger partial charge on any atom is 0.238 e. The zero-order valence-corrected chi connectivity index (χ0v) is 11.9. The molecule has 0 aliphatic heterocycles. The number of amides is 1. The van der Waals surface area contributed by atoms with Crippen molar-refractivity contribution in [3.05, 3.63) is 23.8 Å². The van der Waals surface area contributed by atoms with E-state index >= 15 is 0 Å². The Hall–Kier alpha value is -1.59. The maximum absolute atomic E-state index is 11.8. The second kappa shape index (κ2) is 7.11. The Morgan fingerprint density at radius 2 is 2.16 bits per heavy atom. The van der Waals surface area contributed by atoms with E-state index in [1.54, 1.807) is 25.3 Å². The molecule has 0 aliphatic carbocycles. The Morgan fingerprint density at radius 3 is 2.68 bits per heavy atom. The van der Waals surface area contributed by atoms with Gasteiger partial charge in [-0.3, -0.25) is 9.69 Å². The highest BCUT2D eigenvalue weighted by Crippen LogP contribution is 2.22. The number of carbonyl (C=O) groups excluding carboxylic acids is 1. The van der Waals surface area contributed by atoms with Gasteiger partial charge in [0.15, 0.2) is 0 Å². The van der Waals surface area contributed by atoms with Crippen LogP contribution in [-0.4, -0.2) is 42.7 Å². The van der Waals surface area contributed by atoms with Crippen LogP contribution >= 0.6 is 0 Å². The minimum Gasteiger partial charge on any atom is -0.496 e. The van der Waals surface area contributed by atoms with E-state index in [1.165, 1.54) is 0 Å². The molecule has 19 heavy (non-hydrogen) atoms. The van der Waals surface area contributed by atoms with Crippen molar-refractivity contribution < 1.29 is 14.6 Å². The summed E-state index contributed by atoms with van der Waals surface area (Å²) in [6.45, 7) is 4.27. The number of benzene rings is 1. The lowest BCUT2D eigenvalue weighted by molar-refractivity contribution is -0.117. The number of anilines is 1. The van der Waals surface area contributed by atoms with Crippen molar-refractivity contribution in [3.63, 3.8) is 0 Å². The summed E-state index contributed by atoms with van der Waals surface area (Å²) in [6, 6.07) is 5.51. The van der Waals surface area contributed by atoms with E-state index in [9.17, 15) is 9.90 Å². The molecule has 1 aromatic rings. The summed E-state index contributed by atoms with van der Waals surface area (Å²) in [5, 5.41) is 12.0. The van der Waals surface area contributed by atoms with Crippen LogP contribution in [0, 0.1) is 0 Å². The van der Waals surface area contributed by atoms with Gasteiger partial charge in [0.1, 0.15) is 5.75 Å². The smallest absolute Gasteiger partial charge is 0.238 e. The topological polar surface area (TPSA) is 61.8 Å². The number of nitrogens with zero attached hydrogens (tertiary/aromatic N) is 1. The minimum absolute atomic E-state index is 0.0785. The summed E-state index contributed by atoms with van der Waals surface area (Å²) >= 11 is 0. The minimum atomic E-state index is -0.126. The average Bonchev–Trinajstić information content (AvgIpc) is 2.38. The molecule has 1 amide bonds. The van der Waals surface area contributed by atoms with Crippen LogP contribution in [0.5, 0.6) is 5.75 Å². The third-order valence-corrected chi connectivity index (χ3v) is 3.01. The second-order valence-electron chi connectivity index (χ2n) is 4.74. The first-order chi connectivity index (χ1) is 8.97. The molecular formula is C14H22N2O3. The molecule has 2 N–H and O–H groups in total. The third kappa shape index (κ3) is 4.54. The number of carbonyl (C=O) groups is 1. The van der Waals surface area contributed by atoms with Crippen LogP contribution in [0.15, 0.2) is 18.2 Å². The van der Waals surface area contributed by atoms with Crippen LogP contribution in [0.1, 0.15) is 19.4 Å². The van der Waals surface area contributed by atoms with Gasteiger partial charge in [-0.15, -0.1) is 0 Å². The van der Waals surface area contributed by atoms with E-state index in [4.69, 9.17) is 4.74 Å². The van der Waals surface area contributed by atoms with Crippen LogP contribution in [0.2, 0.25) is 0 Å². The zero-order valence-electron chi connectivity index (χ0n) is 11.9. The van der Waals surface area contributed by atoms with Crippen LogP contribution in [0.4, 0.5) is 5.69 Å². The van der Waals surface area contributed by atoms with Gasteiger partial charge >= 0.3 is 0 Å². The first kappa shape index (κ1) is 15.5. The van der Waals surface area contributed by atoms with Crippen LogP contribution in [0.25, 0.3) is 0 Å². The number of rotatable bonds is 6. The first-order valence-corrected chi connectivity index (χ1v) is 6.25. The molecule has 0 unspecified atom stereocenters. The number of likely N-dealkylation sites (N-methyl/N-ethyl adjacent to an activating group) is 1. The quantitative estimate of drug-likeness (QED) is 0.818. The summed E-state index contributed by atoms with van der Waals surface area (Å²) in [4.78, 5) is 13.8. The van der Waals surface area contributed by atoms with Crippen molar-refractivity contribution in [2.24, 2.45) is 0 Å². The standard InChI is InChI=1S/C14H22N2O3/c1-10(2)16(3)8-14(18)15-12-5-6-13(19-4)11(7-12)9-17/h5-7,10,17H,8-9H2,1-4H3,(H,15,18). The van der Waals surface area contributed by atoms with Gasteiger partial charge in [0.2, 0.25) is 5.91 Å². The van der Waals surface area contributed by atoms with Gasteiger partial charge in [0, 0.05) is 17.3 Å². The fourth-order valence-electron chi connectivity index (χ4n) is 1.59. The SMILES string of the molecule is COc1ccc(NC(=O)CN(C)C(C)C)cc1CO. The van der Waals surface area contributed by atoms with Gasteiger partial charge in [-0.05, 0) is 39.1 Å². The molecule has 0 saturated carbocycles. The summed E-state index contributed by atoms with van der Waals surface area (Å²) in [5.74, 6) is 0.532. The van der Waals surface area contributed by atoms with Gasteiger partial charge in [-0.1, -0.05) is 0 Å². The van der Waals surface area contributed by atoms with Gasteiger partial charge in [-0.25, -0.2) is 0 Å². The fourth-order valence-corrected chi connectivity index (χ4v) is 1.59. The van der Waals surface area contributed by atoms with Crippen molar-refractivity contribution in [3.8, 4) is 5.75 Å². The van der Waals surface area contributed by atoms with E-state index in [0.717, 1.165) is 0 Å². The maximum atomic E-state index is 11.8. The molecule has 106 valence electrons. The molecule has 5 nitrogen and oxygen atoms in total. The number of aliphatic hydroxyl groups excluding tert-OH is 1. The lowest BCUT2D eigenvalue weighted by atomic mass is 10.2. The highest BCUT2D eigenvalue weighted by Gasteiger charge is 2.10. The summed E-state index contributed by atoms with van der Waals surface area (Å²) in [7, 11) is 3.45. The normalized spacial score (nSPS) is 10.9. The van der Waals surface area contributed by atoms with Crippen molar-refractivity contribution in [2.75, 3.05) is 26.0 Å². The Bertz CT molecular complexity index is 433. The zero-order chi connectivity index (χ0) is 14.4. The molecule has 0 bridgehead atoms. The Kier molecular flexibility index (Phi) is 5.79. The Balaban J connectivity index is 2.69. The number of aliphatic hydroxyl groups is 1. The molecule has 0 radical (unpaired) electrons. The van der Waals surface area contributed by atoms with Gasteiger partial charge < -0.3 is 15.2 Å². The van der Waals surface area contributed by atoms with Crippen LogP contribution < -0.4 is 10.1 Å². The summed E-state index contributed by atoms with van der Waals surface area (Å²) < 4.78 is 5.11. The lowest BCUT2D eigenvalue weighted by Crippen LogP contribution is -2.34. The van der Waals surface area contributed by atoms with Gasteiger partial charge in [-0.2, -0.15) is 0 Å². The number of ether oxygens (including phenoxy) is 1. The Morgan fingerprint density at radius 1 is 1.47 bits per heavy atom. The molecule has 0 fully saturated rings. The molecule has 0 spiro atoms. The van der Waals surface area contributed by atoms with E-state index in [2.05, 4.69) is 5.32 Å². The molecule has 1 aromatic carbocycles. The van der Waals surface area contributed by atoms with Crippen LogP contribution in [0.3, 0.4) is 0 Å². The van der Waals surface area contributed by atoms with Crippen molar-refractivity contribution in [2.45, 2.75) is 26.5 Å². The van der Waals surface area contributed by atoms with Crippen molar-refractivity contribution in [1.29, 1.82) is 0 Å². The highest BCUT2D eigenvalue weighted by atomic mass is 16.5. The number of methoxy groups -OCH3 is 1. The monoisotopic (exact) mass is 266 g/mol. The summed E-state index contributed by atoms with van der Waals surface area (Å²) in [5.41, 5.74) is 1.31. The first-order valence-electron chi connectivity index (χ1n) is 6.25. The van der Waals surface area contributed by atoms with Gasteiger partial charge in [0.05, 0.1) is 20.3 Å². The number of nitrogens with one attached hydrogen (secondary N) is 1. The fraction of sp³-hybridized carbons (Fsp3) is 0.500.